The molecule has 0 heterocycles. The lowest BCUT2D eigenvalue weighted by Gasteiger charge is -2.72. The van der Waals surface area contributed by atoms with Crippen LogP contribution in [0.4, 0.5) is 0 Å². The van der Waals surface area contributed by atoms with Crippen molar-refractivity contribution in [3.8, 4) is 5.75 Å². The van der Waals surface area contributed by atoms with Crippen LogP contribution in [-0.2, 0) is 11.2 Å². The Morgan fingerprint density at radius 2 is 1.55 bits per heavy atom. The van der Waals surface area contributed by atoms with Crippen molar-refractivity contribution >= 4 is 17.4 Å². The highest BCUT2D eigenvalue weighted by molar-refractivity contribution is 5.88. The van der Waals surface area contributed by atoms with E-state index in [9.17, 15) is 14.7 Å². The molecule has 0 bridgehead atoms. The van der Waals surface area contributed by atoms with E-state index in [2.05, 4.69) is 64.7 Å². The van der Waals surface area contributed by atoms with E-state index in [1.807, 2.05) is 31.2 Å². The maximum Gasteiger partial charge on any atom is 0.335 e. The molecule has 1 amide bonds. The van der Waals surface area contributed by atoms with Gasteiger partial charge in [-0.3, -0.25) is 4.79 Å². The van der Waals surface area contributed by atoms with Gasteiger partial charge in [0.1, 0.15) is 5.75 Å². The van der Waals surface area contributed by atoms with Crippen LogP contribution in [-0.4, -0.2) is 30.6 Å². The van der Waals surface area contributed by atoms with Crippen molar-refractivity contribution < 1.29 is 19.4 Å². The quantitative estimate of drug-likeness (QED) is 0.283. The smallest absolute Gasteiger partial charge is 0.335 e. The number of aromatic carboxylic acids is 1. The Labute approximate surface area is 307 Å². The number of carboxylic acids is 1. The number of carboxylic acid groups (broad SMARTS) is 1. The first kappa shape index (κ1) is 37.4. The minimum Gasteiger partial charge on any atom is -0.497 e. The molecule has 2 aromatic rings. The molecule has 276 valence electrons. The Bertz CT molecular complexity index is 1640. The minimum atomic E-state index is -0.871. The zero-order valence-electron chi connectivity index (χ0n) is 32.4. The topological polar surface area (TPSA) is 75.6 Å². The third-order valence-corrected chi connectivity index (χ3v) is 15.7. The lowest BCUT2D eigenvalue weighted by Crippen LogP contribution is -2.65. The highest BCUT2D eigenvalue weighted by Crippen LogP contribution is 2.77. The summed E-state index contributed by atoms with van der Waals surface area (Å²) >= 11 is 0. The van der Waals surface area contributed by atoms with Crippen LogP contribution in [0.2, 0.25) is 0 Å². The maximum atomic E-state index is 14.2. The third-order valence-electron chi connectivity index (χ3n) is 15.7. The summed E-state index contributed by atoms with van der Waals surface area (Å²) in [6.07, 6.45) is 16.8. The Morgan fingerprint density at radius 3 is 2.20 bits per heavy atom. The summed E-state index contributed by atoms with van der Waals surface area (Å²) in [5.74, 6) is 2.65. The van der Waals surface area contributed by atoms with E-state index in [0.717, 1.165) is 37.9 Å². The summed E-state index contributed by atoms with van der Waals surface area (Å²) in [6.45, 7) is 18.8. The standard InChI is InChI=1S/C43H57NO4.C3H6/c1-39(2)32(29-11-13-30(14-12-29)37(45)46)19-23-40(3)35(39)20-24-42(5)36(40)18-17-33-34-8-7-22-43(34,26-25-41(33,42)4)38(47)44-27-21-28-9-15-31(48-6)16-10-28;1-3-2/h9-16,19,33-36H,7-8,17-18,20-27H2,1-6H3,(H,44,47)(H,45,46);3H,1H2,2H3/t33?,34?,35?,36?,40?,41-,42?,43?;/m1./s1. The van der Waals surface area contributed by atoms with E-state index in [0.29, 0.717) is 41.7 Å². The number of benzene rings is 2. The summed E-state index contributed by atoms with van der Waals surface area (Å²) in [5, 5.41) is 12.9. The molecule has 5 aliphatic rings. The normalized spacial score (nSPS) is 36.0. The molecule has 2 aromatic carbocycles. The number of methoxy groups -OCH3 is 1. The average molecular weight is 694 g/mol. The predicted octanol–water partition coefficient (Wildman–Crippen LogP) is 10.8. The Balaban J connectivity index is 0.00000144. The number of carbonyl (C=O) groups is 2. The number of hydrogen-bond donors (Lipinski definition) is 2. The van der Waals surface area contributed by atoms with Crippen molar-refractivity contribution in [1.29, 1.82) is 0 Å². The molecule has 7 unspecified atom stereocenters. The Morgan fingerprint density at radius 1 is 0.863 bits per heavy atom. The van der Waals surface area contributed by atoms with Gasteiger partial charge in [-0.15, -0.1) is 6.58 Å². The molecule has 0 spiro atoms. The van der Waals surface area contributed by atoms with Gasteiger partial charge < -0.3 is 15.2 Å². The number of allylic oxidation sites excluding steroid dienone is 3. The fourth-order valence-corrected chi connectivity index (χ4v) is 13.1. The molecule has 7 rings (SSSR count). The summed E-state index contributed by atoms with van der Waals surface area (Å²) in [4.78, 5) is 25.7. The van der Waals surface area contributed by atoms with Gasteiger partial charge >= 0.3 is 5.97 Å². The van der Waals surface area contributed by atoms with Crippen LogP contribution in [0.3, 0.4) is 0 Å². The van der Waals surface area contributed by atoms with Crippen LogP contribution in [0.1, 0.15) is 127 Å². The molecule has 0 aliphatic heterocycles. The second-order valence-corrected chi connectivity index (χ2v) is 18.0. The monoisotopic (exact) mass is 693 g/mol. The van der Waals surface area contributed by atoms with Gasteiger partial charge in [0.05, 0.1) is 18.1 Å². The van der Waals surface area contributed by atoms with Crippen LogP contribution in [0.5, 0.6) is 5.75 Å². The average Bonchev–Trinajstić information content (AvgIpc) is 3.55. The molecule has 0 radical (unpaired) electrons. The van der Waals surface area contributed by atoms with Gasteiger partial charge in [0.15, 0.2) is 0 Å². The van der Waals surface area contributed by atoms with E-state index in [-0.39, 0.29) is 27.1 Å². The first-order valence-electron chi connectivity index (χ1n) is 19.7. The molecule has 4 saturated carbocycles. The largest absolute Gasteiger partial charge is 0.497 e. The van der Waals surface area contributed by atoms with Gasteiger partial charge in [0, 0.05) is 6.54 Å². The van der Waals surface area contributed by atoms with Gasteiger partial charge in [0.25, 0.3) is 0 Å². The molecule has 8 atom stereocenters. The zero-order valence-corrected chi connectivity index (χ0v) is 32.4. The Hall–Kier alpha value is -3.34. The number of carbonyl (C=O) groups excluding carboxylic acids is 1. The van der Waals surface area contributed by atoms with Crippen molar-refractivity contribution in [3.63, 3.8) is 0 Å². The molecule has 5 aliphatic carbocycles. The highest BCUT2D eigenvalue weighted by Gasteiger charge is 2.70. The second-order valence-electron chi connectivity index (χ2n) is 18.0. The summed E-state index contributed by atoms with van der Waals surface area (Å²) in [6, 6.07) is 15.8. The molecule has 5 heteroatoms. The summed E-state index contributed by atoms with van der Waals surface area (Å²) < 4.78 is 5.31. The van der Waals surface area contributed by atoms with Crippen molar-refractivity contribution in [2.45, 2.75) is 112 Å². The maximum absolute atomic E-state index is 14.2. The van der Waals surface area contributed by atoms with Crippen LogP contribution < -0.4 is 10.1 Å². The van der Waals surface area contributed by atoms with E-state index >= 15 is 0 Å². The lowest BCUT2D eigenvalue weighted by atomic mass is 9.32. The molecular formula is C46H63NO4. The molecule has 5 nitrogen and oxygen atoms in total. The number of fused-ring (bicyclic) bond motifs is 7. The molecule has 0 saturated heterocycles. The zero-order chi connectivity index (χ0) is 36.8. The predicted molar refractivity (Wildman–Crippen MR) is 208 cm³/mol. The van der Waals surface area contributed by atoms with Crippen LogP contribution in [0.25, 0.3) is 5.57 Å². The molecular weight excluding hydrogens is 631 g/mol. The van der Waals surface area contributed by atoms with Crippen LogP contribution in [0, 0.1) is 50.7 Å². The van der Waals surface area contributed by atoms with Crippen molar-refractivity contribution in [3.05, 3.63) is 84.0 Å². The van der Waals surface area contributed by atoms with Gasteiger partial charge in [-0.2, -0.15) is 0 Å². The molecule has 4 fully saturated rings. The van der Waals surface area contributed by atoms with Crippen molar-refractivity contribution in [1.82, 2.24) is 5.32 Å². The first-order chi connectivity index (χ1) is 24.2. The van der Waals surface area contributed by atoms with Crippen molar-refractivity contribution in [2.24, 2.45) is 50.7 Å². The second kappa shape index (κ2) is 13.9. The third kappa shape index (κ3) is 5.99. The van der Waals surface area contributed by atoms with E-state index < -0.39 is 5.97 Å². The number of rotatable bonds is 7. The van der Waals surface area contributed by atoms with Crippen LogP contribution >= 0.6 is 0 Å². The number of amides is 1. The fraction of sp³-hybridized carbons (Fsp3) is 0.609. The van der Waals surface area contributed by atoms with Gasteiger partial charge in [-0.25, -0.2) is 4.79 Å². The van der Waals surface area contributed by atoms with E-state index in [1.165, 1.54) is 55.2 Å². The summed E-state index contributed by atoms with van der Waals surface area (Å²) in [5.41, 5.74) is 4.66. The lowest BCUT2D eigenvalue weighted by molar-refractivity contribution is -0.222. The minimum absolute atomic E-state index is 0.00784. The van der Waals surface area contributed by atoms with Gasteiger partial charge in [0.2, 0.25) is 5.91 Å². The molecule has 51 heavy (non-hydrogen) atoms. The highest BCUT2D eigenvalue weighted by atomic mass is 16.5. The van der Waals surface area contributed by atoms with Gasteiger partial charge in [-0.05, 0) is 157 Å². The SMILES string of the molecule is C=CC.COc1ccc(CCNC(=O)C23CCCC2C2CCC4C5(C)CC=C(c6ccc(C(=O)O)cc6)C(C)(C)C5CCC4(C)[C@]2(C)CC3)cc1. The number of ether oxygens (including phenoxy) is 1. The number of nitrogens with one attached hydrogen (secondary N) is 1. The molecule has 0 aromatic heterocycles. The number of hydrogen-bond acceptors (Lipinski definition) is 3. The fourth-order valence-electron chi connectivity index (χ4n) is 13.1. The van der Waals surface area contributed by atoms with Crippen molar-refractivity contribution in [2.75, 3.05) is 13.7 Å². The first-order valence-corrected chi connectivity index (χ1v) is 19.7. The van der Waals surface area contributed by atoms with Gasteiger partial charge in [-0.1, -0.05) is 77.5 Å². The van der Waals surface area contributed by atoms with E-state index in [1.54, 1.807) is 25.3 Å². The van der Waals surface area contributed by atoms with E-state index in [4.69, 9.17) is 4.74 Å². The van der Waals surface area contributed by atoms with Crippen LogP contribution in [0.15, 0.2) is 67.3 Å². The summed E-state index contributed by atoms with van der Waals surface area (Å²) in [7, 11) is 1.69. The Kier molecular flexibility index (Phi) is 10.2. The molecule has 2 N–H and O–H groups in total.